The highest BCUT2D eigenvalue weighted by molar-refractivity contribution is 7.03. The number of carbonyl (C=O) groups excluding carboxylic acids is 1. The summed E-state index contributed by atoms with van der Waals surface area (Å²) in [6, 6.07) is 2.00. The normalized spacial score (nSPS) is 27.5. The van der Waals surface area contributed by atoms with E-state index < -0.39 is 0 Å². The van der Waals surface area contributed by atoms with Crippen LogP contribution in [0.2, 0.25) is 0 Å². The maximum atomic E-state index is 11.9. The van der Waals surface area contributed by atoms with E-state index in [9.17, 15) is 4.79 Å². The van der Waals surface area contributed by atoms with Crippen molar-refractivity contribution in [3.8, 4) is 0 Å². The summed E-state index contributed by atoms with van der Waals surface area (Å²) in [5.74, 6) is 0.294. The largest absolute Gasteiger partial charge is 0.328 e. The summed E-state index contributed by atoms with van der Waals surface area (Å²) in [6.07, 6.45) is 3.93. The molecule has 0 aromatic carbocycles. The van der Waals surface area contributed by atoms with Crippen molar-refractivity contribution in [2.75, 3.05) is 0 Å². The van der Waals surface area contributed by atoms with Gasteiger partial charge >= 0.3 is 0 Å². The Morgan fingerprint density at radius 1 is 1.57 bits per heavy atom. The number of aromatic nitrogens is 1. The number of hydrogen-bond acceptors (Lipinski definition) is 4. The summed E-state index contributed by atoms with van der Waals surface area (Å²) < 4.78 is 4.07. The monoisotopic (exact) mass is 210 g/mol. The van der Waals surface area contributed by atoms with Gasteiger partial charge in [-0.05, 0) is 36.9 Å². The number of hydrogen-bond donors (Lipinski definition) is 1. The third-order valence-electron chi connectivity index (χ3n) is 2.78. The van der Waals surface area contributed by atoms with Crippen LogP contribution in [-0.4, -0.2) is 16.2 Å². The van der Waals surface area contributed by atoms with E-state index in [1.165, 1.54) is 11.5 Å². The Kier molecular flexibility index (Phi) is 2.93. The van der Waals surface area contributed by atoms with Crippen molar-refractivity contribution >= 4 is 17.3 Å². The highest BCUT2D eigenvalue weighted by Crippen LogP contribution is 2.26. The van der Waals surface area contributed by atoms with Crippen molar-refractivity contribution in [2.24, 2.45) is 11.7 Å². The molecule has 0 amide bonds. The average molecular weight is 210 g/mol. The van der Waals surface area contributed by atoms with Gasteiger partial charge < -0.3 is 5.73 Å². The van der Waals surface area contributed by atoms with Crippen LogP contribution in [0, 0.1) is 5.92 Å². The Morgan fingerprint density at radius 3 is 3.07 bits per heavy atom. The summed E-state index contributed by atoms with van der Waals surface area (Å²) >= 11 is 1.33. The molecule has 0 bridgehead atoms. The molecule has 4 heteroatoms. The molecule has 1 fully saturated rings. The van der Waals surface area contributed by atoms with Crippen molar-refractivity contribution < 1.29 is 4.79 Å². The average Bonchev–Trinajstić information content (AvgIpc) is 2.69. The molecular weight excluding hydrogens is 196 g/mol. The fourth-order valence-electron chi connectivity index (χ4n) is 2.01. The second kappa shape index (κ2) is 4.19. The first-order valence-electron chi connectivity index (χ1n) is 4.97. The molecule has 3 nitrogen and oxygen atoms in total. The van der Waals surface area contributed by atoms with Crippen molar-refractivity contribution in [3.63, 3.8) is 0 Å². The van der Waals surface area contributed by atoms with Crippen LogP contribution < -0.4 is 5.73 Å². The Morgan fingerprint density at radius 2 is 2.43 bits per heavy atom. The Balaban J connectivity index is 2.04. The number of nitrogens with zero attached hydrogens (tertiary/aromatic N) is 1. The second-order valence-corrected chi connectivity index (χ2v) is 4.54. The fourth-order valence-corrected chi connectivity index (χ4v) is 2.53. The molecule has 1 aliphatic carbocycles. The molecule has 1 aromatic heterocycles. The van der Waals surface area contributed by atoms with Crippen molar-refractivity contribution in [2.45, 2.75) is 31.7 Å². The zero-order valence-corrected chi connectivity index (χ0v) is 8.80. The van der Waals surface area contributed by atoms with E-state index in [0.29, 0.717) is 5.69 Å². The molecule has 2 atom stereocenters. The molecule has 14 heavy (non-hydrogen) atoms. The predicted molar refractivity (Wildman–Crippen MR) is 56.4 cm³/mol. The highest BCUT2D eigenvalue weighted by Gasteiger charge is 2.26. The lowest BCUT2D eigenvalue weighted by Gasteiger charge is -2.24. The van der Waals surface area contributed by atoms with Gasteiger partial charge in [0.2, 0.25) is 0 Å². The molecule has 1 heterocycles. The maximum absolute atomic E-state index is 11.9. The van der Waals surface area contributed by atoms with E-state index in [-0.39, 0.29) is 17.7 Å². The predicted octanol–water partition coefficient (Wildman–Crippen LogP) is 1.84. The Labute approximate surface area is 87.5 Å². The van der Waals surface area contributed by atoms with Gasteiger partial charge in [-0.3, -0.25) is 4.79 Å². The number of Topliss-reactive ketones (excluding diaryl/α,β-unsaturated/α-hetero) is 1. The number of ketones is 1. The van der Waals surface area contributed by atoms with E-state index in [0.717, 1.165) is 25.7 Å². The molecule has 2 unspecified atom stereocenters. The van der Waals surface area contributed by atoms with Crippen LogP contribution in [0.15, 0.2) is 11.4 Å². The standard InChI is InChI=1S/C10H14N2OS/c11-8-3-1-2-7(6-8)10(13)9-4-5-14-12-9/h4-5,7-8H,1-3,6,11H2. The molecule has 2 rings (SSSR count). The van der Waals surface area contributed by atoms with Gasteiger partial charge in [-0.15, -0.1) is 0 Å². The first-order valence-corrected chi connectivity index (χ1v) is 5.81. The van der Waals surface area contributed by atoms with Crippen LogP contribution in [0.1, 0.15) is 36.2 Å². The van der Waals surface area contributed by atoms with Crippen LogP contribution in [0.4, 0.5) is 0 Å². The second-order valence-electron chi connectivity index (χ2n) is 3.87. The fraction of sp³-hybridized carbons (Fsp3) is 0.600. The van der Waals surface area contributed by atoms with Gasteiger partial charge in [0.1, 0.15) is 5.69 Å². The van der Waals surface area contributed by atoms with Gasteiger partial charge in [0, 0.05) is 17.3 Å². The molecule has 0 spiro atoms. The third kappa shape index (κ3) is 2.01. The van der Waals surface area contributed by atoms with Gasteiger partial charge in [-0.1, -0.05) is 6.42 Å². The molecule has 1 aliphatic rings. The number of carbonyl (C=O) groups is 1. The summed E-state index contributed by atoms with van der Waals surface area (Å²) in [7, 11) is 0. The minimum Gasteiger partial charge on any atom is -0.328 e. The summed E-state index contributed by atoms with van der Waals surface area (Å²) in [6.45, 7) is 0. The molecule has 1 saturated carbocycles. The van der Waals surface area contributed by atoms with Gasteiger partial charge in [0.25, 0.3) is 0 Å². The van der Waals surface area contributed by atoms with Crippen LogP contribution in [0.3, 0.4) is 0 Å². The summed E-state index contributed by atoms with van der Waals surface area (Å²) in [5, 5.41) is 1.84. The zero-order chi connectivity index (χ0) is 9.97. The molecule has 0 saturated heterocycles. The van der Waals surface area contributed by atoms with Crippen molar-refractivity contribution in [1.82, 2.24) is 4.37 Å². The molecule has 0 radical (unpaired) electrons. The van der Waals surface area contributed by atoms with Crippen LogP contribution >= 0.6 is 11.5 Å². The van der Waals surface area contributed by atoms with E-state index in [2.05, 4.69) is 4.37 Å². The van der Waals surface area contributed by atoms with Gasteiger partial charge in [0.05, 0.1) is 0 Å². The lowest BCUT2D eigenvalue weighted by Crippen LogP contribution is -2.31. The van der Waals surface area contributed by atoms with Gasteiger partial charge in [-0.2, -0.15) is 4.37 Å². The minimum absolute atomic E-state index is 0.112. The lowest BCUT2D eigenvalue weighted by molar-refractivity contribution is 0.0877. The van der Waals surface area contributed by atoms with E-state index in [4.69, 9.17) is 5.73 Å². The molecule has 0 aliphatic heterocycles. The first-order chi connectivity index (χ1) is 6.77. The van der Waals surface area contributed by atoms with Gasteiger partial charge in [-0.25, -0.2) is 0 Å². The topological polar surface area (TPSA) is 56.0 Å². The zero-order valence-electron chi connectivity index (χ0n) is 7.98. The Hall–Kier alpha value is -0.740. The third-order valence-corrected chi connectivity index (χ3v) is 3.34. The number of nitrogens with two attached hydrogens (primary N) is 1. The highest BCUT2D eigenvalue weighted by atomic mass is 32.1. The van der Waals surface area contributed by atoms with Crippen LogP contribution in [-0.2, 0) is 0 Å². The maximum Gasteiger partial charge on any atom is 0.185 e. The first kappa shape index (κ1) is 9.80. The molecule has 2 N–H and O–H groups in total. The Bertz CT molecular complexity index is 310. The SMILES string of the molecule is NC1CCCC(C(=O)c2ccsn2)C1. The van der Waals surface area contributed by atoms with E-state index in [1.807, 2.05) is 5.38 Å². The van der Waals surface area contributed by atoms with Crippen molar-refractivity contribution in [1.29, 1.82) is 0 Å². The van der Waals surface area contributed by atoms with E-state index in [1.54, 1.807) is 6.07 Å². The van der Waals surface area contributed by atoms with Crippen LogP contribution in [0.25, 0.3) is 0 Å². The van der Waals surface area contributed by atoms with Crippen molar-refractivity contribution in [3.05, 3.63) is 17.1 Å². The van der Waals surface area contributed by atoms with Gasteiger partial charge in [0.15, 0.2) is 5.78 Å². The molecular formula is C10H14N2OS. The lowest BCUT2D eigenvalue weighted by atomic mass is 9.83. The minimum atomic E-state index is 0.112. The summed E-state index contributed by atoms with van der Waals surface area (Å²) in [4.78, 5) is 11.9. The number of rotatable bonds is 2. The molecule has 76 valence electrons. The smallest absolute Gasteiger partial charge is 0.185 e. The van der Waals surface area contributed by atoms with Crippen LogP contribution in [0.5, 0.6) is 0 Å². The van der Waals surface area contributed by atoms with E-state index >= 15 is 0 Å². The quantitative estimate of drug-likeness (QED) is 0.758. The molecule has 1 aromatic rings. The summed E-state index contributed by atoms with van der Waals surface area (Å²) in [5.41, 5.74) is 6.47.